The first kappa shape index (κ1) is 21.5. The van der Waals surface area contributed by atoms with Gasteiger partial charge in [-0.15, -0.1) is 11.8 Å². The second kappa shape index (κ2) is 10.5. The maximum absolute atomic E-state index is 12.5. The van der Waals surface area contributed by atoms with Crippen molar-refractivity contribution in [2.24, 2.45) is 0 Å². The van der Waals surface area contributed by atoms with E-state index < -0.39 is 6.61 Å². The highest BCUT2D eigenvalue weighted by Crippen LogP contribution is 2.29. The number of hydrogen-bond acceptors (Lipinski definition) is 4. The zero-order valence-corrected chi connectivity index (χ0v) is 17.3. The number of aryl methyl sites for hydroxylation is 1. The molecule has 0 saturated carbocycles. The van der Waals surface area contributed by atoms with Gasteiger partial charge in [-0.1, -0.05) is 22.0 Å². The van der Waals surface area contributed by atoms with E-state index in [-0.39, 0.29) is 17.4 Å². The Bertz CT molecular complexity index is 790. The highest BCUT2D eigenvalue weighted by molar-refractivity contribution is 9.10. The Balaban J connectivity index is 1.82. The number of carbonyl (C=O) groups is 1. The fourth-order valence-electron chi connectivity index (χ4n) is 2.38. The first-order valence-electron chi connectivity index (χ1n) is 8.16. The van der Waals surface area contributed by atoms with Gasteiger partial charge in [0.1, 0.15) is 0 Å². The zero-order chi connectivity index (χ0) is 19.8. The van der Waals surface area contributed by atoms with Crippen molar-refractivity contribution < 1.29 is 23.0 Å². The molecule has 0 atom stereocenters. The predicted molar refractivity (Wildman–Crippen MR) is 106 cm³/mol. The van der Waals surface area contributed by atoms with Gasteiger partial charge in [0.25, 0.3) is 0 Å². The van der Waals surface area contributed by atoms with Crippen LogP contribution in [-0.2, 0) is 11.2 Å². The van der Waals surface area contributed by atoms with Gasteiger partial charge in [0.05, 0.1) is 12.9 Å². The van der Waals surface area contributed by atoms with Gasteiger partial charge in [0, 0.05) is 15.9 Å². The Morgan fingerprint density at radius 1 is 1.22 bits per heavy atom. The van der Waals surface area contributed by atoms with Crippen LogP contribution in [0.4, 0.5) is 8.78 Å². The Morgan fingerprint density at radius 3 is 2.67 bits per heavy atom. The van der Waals surface area contributed by atoms with E-state index in [1.165, 1.54) is 24.9 Å². The van der Waals surface area contributed by atoms with Crippen molar-refractivity contribution in [3.05, 3.63) is 52.0 Å². The maximum Gasteiger partial charge on any atom is 0.387 e. The summed E-state index contributed by atoms with van der Waals surface area (Å²) in [6, 6.07) is 10.7. The van der Waals surface area contributed by atoms with E-state index in [4.69, 9.17) is 4.74 Å². The van der Waals surface area contributed by atoms with Crippen molar-refractivity contribution in [2.75, 3.05) is 19.4 Å². The molecule has 146 valence electrons. The summed E-state index contributed by atoms with van der Waals surface area (Å²) in [5, 5.41) is 2.83. The van der Waals surface area contributed by atoms with Crippen LogP contribution in [-0.4, -0.2) is 31.9 Å². The van der Waals surface area contributed by atoms with Crippen LogP contribution in [0, 0.1) is 6.92 Å². The van der Waals surface area contributed by atoms with Gasteiger partial charge in [0.15, 0.2) is 11.5 Å². The lowest BCUT2D eigenvalue weighted by Gasteiger charge is -2.12. The van der Waals surface area contributed by atoms with Crippen LogP contribution in [0.1, 0.15) is 11.1 Å². The van der Waals surface area contributed by atoms with Gasteiger partial charge in [0.2, 0.25) is 5.91 Å². The molecule has 0 heterocycles. The Morgan fingerprint density at radius 2 is 2.00 bits per heavy atom. The van der Waals surface area contributed by atoms with Crippen molar-refractivity contribution >= 4 is 33.6 Å². The first-order valence-corrected chi connectivity index (χ1v) is 9.94. The van der Waals surface area contributed by atoms with Gasteiger partial charge in [-0.3, -0.25) is 4.79 Å². The van der Waals surface area contributed by atoms with Crippen molar-refractivity contribution in [1.29, 1.82) is 0 Å². The minimum atomic E-state index is -2.92. The molecule has 1 N–H and O–H groups in total. The molecule has 27 heavy (non-hydrogen) atoms. The number of rotatable bonds is 9. The van der Waals surface area contributed by atoms with Gasteiger partial charge >= 0.3 is 6.61 Å². The fraction of sp³-hybridized carbons (Fsp3) is 0.316. The molecular formula is C19H20BrF2NO3S. The number of hydrogen-bond donors (Lipinski definition) is 1. The number of nitrogens with one attached hydrogen (secondary N) is 1. The van der Waals surface area contributed by atoms with E-state index in [9.17, 15) is 13.6 Å². The maximum atomic E-state index is 12.5. The predicted octanol–water partition coefficient (Wildman–Crippen LogP) is 4.82. The van der Waals surface area contributed by atoms with Gasteiger partial charge in [-0.25, -0.2) is 0 Å². The number of thioether (sulfide) groups is 1. The van der Waals surface area contributed by atoms with Crippen molar-refractivity contribution in [3.63, 3.8) is 0 Å². The monoisotopic (exact) mass is 459 g/mol. The van der Waals surface area contributed by atoms with E-state index in [0.29, 0.717) is 18.7 Å². The Hall–Kier alpha value is -1.80. The number of methoxy groups -OCH3 is 1. The summed E-state index contributed by atoms with van der Waals surface area (Å²) in [7, 11) is 1.39. The molecule has 0 aromatic heterocycles. The molecule has 2 aromatic carbocycles. The largest absolute Gasteiger partial charge is 0.493 e. The molecule has 0 bridgehead atoms. The molecule has 0 saturated heterocycles. The van der Waals surface area contributed by atoms with E-state index in [0.717, 1.165) is 20.5 Å². The lowest BCUT2D eigenvalue weighted by atomic mass is 10.1. The molecule has 0 spiro atoms. The molecule has 1 amide bonds. The molecule has 0 unspecified atom stereocenters. The van der Waals surface area contributed by atoms with Crippen LogP contribution in [0.3, 0.4) is 0 Å². The van der Waals surface area contributed by atoms with Gasteiger partial charge in [-0.2, -0.15) is 8.78 Å². The number of benzene rings is 2. The molecular weight excluding hydrogens is 440 g/mol. The second-order valence-corrected chi connectivity index (χ2v) is 7.60. The molecule has 0 aliphatic heterocycles. The number of amides is 1. The van der Waals surface area contributed by atoms with Crippen LogP contribution in [0.25, 0.3) is 0 Å². The highest BCUT2D eigenvalue weighted by Gasteiger charge is 2.11. The number of halogens is 3. The Kier molecular flexibility index (Phi) is 8.37. The Labute approximate surface area is 169 Å². The van der Waals surface area contributed by atoms with Gasteiger partial charge < -0.3 is 14.8 Å². The third-order valence-corrected chi connectivity index (χ3v) is 5.34. The molecule has 0 radical (unpaired) electrons. The summed E-state index contributed by atoms with van der Waals surface area (Å²) >= 11 is 4.88. The minimum absolute atomic E-state index is 0.0161. The van der Waals surface area contributed by atoms with E-state index in [2.05, 4.69) is 26.0 Å². The lowest BCUT2D eigenvalue weighted by Crippen LogP contribution is -2.27. The fourth-order valence-corrected chi connectivity index (χ4v) is 3.70. The summed E-state index contributed by atoms with van der Waals surface area (Å²) in [5.41, 5.74) is 1.87. The van der Waals surface area contributed by atoms with E-state index in [1.807, 2.05) is 25.1 Å². The van der Waals surface area contributed by atoms with Crippen LogP contribution in [0.5, 0.6) is 11.5 Å². The lowest BCUT2D eigenvalue weighted by molar-refractivity contribution is -0.118. The summed E-state index contributed by atoms with van der Waals surface area (Å²) in [6.45, 7) is -0.527. The molecule has 0 fully saturated rings. The summed E-state index contributed by atoms with van der Waals surface area (Å²) in [4.78, 5) is 13.1. The molecule has 4 nitrogen and oxygen atoms in total. The average molecular weight is 460 g/mol. The third kappa shape index (κ3) is 7.03. The van der Waals surface area contributed by atoms with Gasteiger partial charge in [-0.05, 0) is 54.8 Å². The zero-order valence-electron chi connectivity index (χ0n) is 14.9. The number of carbonyl (C=O) groups excluding carboxylic acids is 1. The molecule has 8 heteroatoms. The average Bonchev–Trinajstić information content (AvgIpc) is 2.61. The molecule has 2 aromatic rings. The SMILES string of the molecule is COc1ccc(CCNC(=O)CSc2ccc(Br)cc2C)cc1OC(F)F. The summed E-state index contributed by atoms with van der Waals surface area (Å²) in [5.74, 6) is 0.451. The summed E-state index contributed by atoms with van der Waals surface area (Å²) < 4.78 is 35.4. The quantitative estimate of drug-likeness (QED) is 0.546. The summed E-state index contributed by atoms with van der Waals surface area (Å²) in [6.07, 6.45) is 0.497. The minimum Gasteiger partial charge on any atom is -0.493 e. The van der Waals surface area contributed by atoms with Crippen LogP contribution >= 0.6 is 27.7 Å². The van der Waals surface area contributed by atoms with Crippen molar-refractivity contribution in [1.82, 2.24) is 5.32 Å². The van der Waals surface area contributed by atoms with E-state index >= 15 is 0 Å². The molecule has 0 aliphatic carbocycles. The number of alkyl halides is 2. The van der Waals surface area contributed by atoms with Crippen molar-refractivity contribution in [2.45, 2.75) is 24.9 Å². The second-order valence-electron chi connectivity index (χ2n) is 5.66. The normalized spacial score (nSPS) is 10.7. The third-order valence-electron chi connectivity index (χ3n) is 3.68. The van der Waals surface area contributed by atoms with Crippen molar-refractivity contribution in [3.8, 4) is 11.5 Å². The molecule has 0 aliphatic rings. The van der Waals surface area contributed by atoms with Crippen LogP contribution in [0.2, 0.25) is 0 Å². The van der Waals surface area contributed by atoms with E-state index in [1.54, 1.807) is 12.1 Å². The highest BCUT2D eigenvalue weighted by atomic mass is 79.9. The standard InChI is InChI=1S/C19H20BrF2NO3S/c1-12-9-14(20)4-6-17(12)27-11-18(24)23-8-7-13-3-5-15(25-2)16(10-13)26-19(21)22/h3-6,9-10,19H,7-8,11H2,1-2H3,(H,23,24). The number of ether oxygens (including phenoxy) is 2. The van der Waals surface area contributed by atoms with Crippen LogP contribution < -0.4 is 14.8 Å². The first-order chi connectivity index (χ1) is 12.9. The smallest absolute Gasteiger partial charge is 0.387 e. The van der Waals surface area contributed by atoms with Crippen LogP contribution in [0.15, 0.2) is 45.8 Å². The topological polar surface area (TPSA) is 47.6 Å². The molecule has 2 rings (SSSR count).